The number of aromatic amines is 1. The van der Waals surface area contributed by atoms with E-state index in [0.29, 0.717) is 11.7 Å². The average Bonchev–Trinajstić information content (AvgIpc) is 3.04. The van der Waals surface area contributed by atoms with Crippen molar-refractivity contribution in [3.63, 3.8) is 0 Å². The van der Waals surface area contributed by atoms with Crippen LogP contribution in [0.2, 0.25) is 0 Å². The number of hydrogen-bond donors (Lipinski definition) is 2. The van der Waals surface area contributed by atoms with E-state index in [0.717, 1.165) is 33.4 Å². The summed E-state index contributed by atoms with van der Waals surface area (Å²) in [6.07, 6.45) is 5.35. The number of anilines is 1. The monoisotopic (exact) mass is 345 g/mol. The third-order valence-electron chi connectivity index (χ3n) is 3.99. The molecule has 26 heavy (non-hydrogen) atoms. The van der Waals surface area contributed by atoms with E-state index in [1.54, 1.807) is 18.5 Å². The molecule has 0 fully saturated rings. The Kier molecular flexibility index (Phi) is 4.01. The molecule has 0 bridgehead atoms. The van der Waals surface area contributed by atoms with Gasteiger partial charge in [-0.05, 0) is 38.1 Å². The lowest BCUT2D eigenvalue weighted by molar-refractivity contribution is 0.232. The SMILES string of the molecule is CC(C)Oc1cncc(-c2ccc3[nH]cc(-c4cccc(N)n4)c3c2)n1. The third-order valence-corrected chi connectivity index (χ3v) is 3.99. The molecule has 6 heteroatoms. The molecule has 6 nitrogen and oxygen atoms in total. The molecule has 4 aromatic rings. The number of hydrogen-bond acceptors (Lipinski definition) is 5. The van der Waals surface area contributed by atoms with Crippen molar-refractivity contribution in [1.29, 1.82) is 0 Å². The van der Waals surface area contributed by atoms with Crippen LogP contribution in [0.3, 0.4) is 0 Å². The Morgan fingerprint density at radius 3 is 2.73 bits per heavy atom. The molecule has 4 rings (SSSR count). The Labute approximate surface area is 151 Å². The Morgan fingerprint density at radius 1 is 1.04 bits per heavy atom. The first-order chi connectivity index (χ1) is 12.6. The molecular weight excluding hydrogens is 326 g/mol. The Hall–Kier alpha value is -3.41. The predicted octanol–water partition coefficient (Wildman–Crippen LogP) is 4.06. The number of nitrogens with zero attached hydrogens (tertiary/aromatic N) is 3. The molecule has 0 aliphatic heterocycles. The normalized spacial score (nSPS) is 11.2. The quantitative estimate of drug-likeness (QED) is 0.582. The maximum absolute atomic E-state index is 5.83. The first-order valence-electron chi connectivity index (χ1n) is 8.43. The number of ether oxygens (including phenoxy) is 1. The lowest BCUT2D eigenvalue weighted by atomic mass is 10.1. The number of aromatic nitrogens is 4. The van der Waals surface area contributed by atoms with Crippen LogP contribution in [0.1, 0.15) is 13.8 Å². The first kappa shape index (κ1) is 16.1. The molecular formula is C20H19N5O. The Balaban J connectivity index is 1.79. The van der Waals surface area contributed by atoms with Crippen LogP contribution in [-0.4, -0.2) is 26.0 Å². The van der Waals surface area contributed by atoms with Crippen molar-refractivity contribution >= 4 is 16.7 Å². The van der Waals surface area contributed by atoms with Gasteiger partial charge in [0, 0.05) is 28.2 Å². The summed E-state index contributed by atoms with van der Waals surface area (Å²) in [6.45, 7) is 3.93. The highest BCUT2D eigenvalue weighted by molar-refractivity contribution is 5.97. The molecule has 3 N–H and O–H groups in total. The van der Waals surface area contributed by atoms with Gasteiger partial charge in [0.1, 0.15) is 5.82 Å². The fourth-order valence-corrected chi connectivity index (χ4v) is 2.88. The van der Waals surface area contributed by atoms with E-state index < -0.39 is 0 Å². The second kappa shape index (κ2) is 6.48. The average molecular weight is 345 g/mol. The second-order valence-electron chi connectivity index (χ2n) is 6.32. The number of rotatable bonds is 4. The molecule has 3 aromatic heterocycles. The summed E-state index contributed by atoms with van der Waals surface area (Å²) in [5.41, 5.74) is 10.4. The van der Waals surface area contributed by atoms with Crippen molar-refractivity contribution in [2.45, 2.75) is 20.0 Å². The molecule has 0 saturated carbocycles. The zero-order chi connectivity index (χ0) is 18.1. The highest BCUT2D eigenvalue weighted by Crippen LogP contribution is 2.31. The van der Waals surface area contributed by atoms with Crippen LogP contribution < -0.4 is 10.5 Å². The van der Waals surface area contributed by atoms with E-state index in [-0.39, 0.29) is 6.10 Å². The minimum atomic E-state index is 0.0490. The van der Waals surface area contributed by atoms with Gasteiger partial charge in [0.2, 0.25) is 5.88 Å². The number of nitrogens with two attached hydrogens (primary N) is 1. The van der Waals surface area contributed by atoms with Gasteiger partial charge < -0.3 is 15.5 Å². The third kappa shape index (κ3) is 3.09. The summed E-state index contributed by atoms with van der Waals surface area (Å²) in [6, 6.07) is 11.7. The van der Waals surface area contributed by atoms with E-state index >= 15 is 0 Å². The van der Waals surface area contributed by atoms with Gasteiger partial charge in [-0.15, -0.1) is 0 Å². The van der Waals surface area contributed by atoms with E-state index in [1.165, 1.54) is 0 Å². The highest BCUT2D eigenvalue weighted by atomic mass is 16.5. The molecule has 0 aliphatic carbocycles. The molecule has 130 valence electrons. The summed E-state index contributed by atoms with van der Waals surface area (Å²) in [7, 11) is 0. The lowest BCUT2D eigenvalue weighted by Gasteiger charge is -2.09. The smallest absolute Gasteiger partial charge is 0.233 e. The maximum atomic E-state index is 5.83. The van der Waals surface area contributed by atoms with Crippen molar-refractivity contribution in [3.05, 3.63) is 55.0 Å². The van der Waals surface area contributed by atoms with Crippen LogP contribution in [0, 0.1) is 0 Å². The summed E-state index contributed by atoms with van der Waals surface area (Å²) in [5, 5.41) is 1.05. The van der Waals surface area contributed by atoms with E-state index in [4.69, 9.17) is 10.5 Å². The highest BCUT2D eigenvalue weighted by Gasteiger charge is 2.11. The van der Waals surface area contributed by atoms with E-state index in [1.807, 2.05) is 44.3 Å². The second-order valence-corrected chi connectivity index (χ2v) is 6.32. The fourth-order valence-electron chi connectivity index (χ4n) is 2.88. The van der Waals surface area contributed by atoms with Gasteiger partial charge in [-0.25, -0.2) is 9.97 Å². The van der Waals surface area contributed by atoms with Crippen molar-refractivity contribution in [2.75, 3.05) is 5.73 Å². The van der Waals surface area contributed by atoms with Gasteiger partial charge in [0.25, 0.3) is 0 Å². The largest absolute Gasteiger partial charge is 0.474 e. The lowest BCUT2D eigenvalue weighted by Crippen LogP contribution is -2.07. The molecule has 3 heterocycles. The molecule has 0 amide bonds. The molecule has 1 aromatic carbocycles. The van der Waals surface area contributed by atoms with Gasteiger partial charge in [0.05, 0.1) is 29.9 Å². The summed E-state index contributed by atoms with van der Waals surface area (Å²) >= 11 is 0. The molecule has 0 saturated heterocycles. The number of benzene rings is 1. The minimum absolute atomic E-state index is 0.0490. The zero-order valence-corrected chi connectivity index (χ0v) is 14.6. The van der Waals surface area contributed by atoms with Gasteiger partial charge in [0.15, 0.2) is 0 Å². The molecule has 0 atom stereocenters. The summed E-state index contributed by atoms with van der Waals surface area (Å²) in [5.74, 6) is 1.02. The van der Waals surface area contributed by atoms with E-state index in [2.05, 4.69) is 26.0 Å². The number of fused-ring (bicyclic) bond motifs is 1. The van der Waals surface area contributed by atoms with Gasteiger partial charge in [-0.2, -0.15) is 0 Å². The van der Waals surface area contributed by atoms with Crippen LogP contribution in [-0.2, 0) is 0 Å². The van der Waals surface area contributed by atoms with Gasteiger partial charge in [-0.3, -0.25) is 4.98 Å². The van der Waals surface area contributed by atoms with Gasteiger partial charge in [-0.1, -0.05) is 12.1 Å². The van der Waals surface area contributed by atoms with E-state index in [9.17, 15) is 0 Å². The topological polar surface area (TPSA) is 89.7 Å². The zero-order valence-electron chi connectivity index (χ0n) is 14.6. The van der Waals surface area contributed by atoms with Crippen LogP contribution >= 0.6 is 0 Å². The van der Waals surface area contributed by atoms with Crippen molar-refractivity contribution in [1.82, 2.24) is 19.9 Å². The van der Waals surface area contributed by atoms with Crippen LogP contribution in [0.4, 0.5) is 5.82 Å². The fraction of sp³-hybridized carbons (Fsp3) is 0.150. The Bertz CT molecular complexity index is 1070. The standard InChI is InChI=1S/C20H19N5O/c1-12(2)26-20-11-22-10-18(25-20)13-6-7-16-14(8-13)15(9-23-16)17-4-3-5-19(21)24-17/h3-12,23H,1-2H3,(H2,21,24). The molecule has 0 aliphatic rings. The molecule has 0 spiro atoms. The predicted molar refractivity (Wildman–Crippen MR) is 103 cm³/mol. The van der Waals surface area contributed by atoms with Gasteiger partial charge >= 0.3 is 0 Å². The number of pyridine rings is 1. The number of nitrogens with one attached hydrogen (secondary N) is 1. The number of H-pyrrole nitrogens is 1. The summed E-state index contributed by atoms with van der Waals surface area (Å²) < 4.78 is 5.65. The molecule has 0 unspecified atom stereocenters. The molecule has 0 radical (unpaired) electrons. The van der Waals surface area contributed by atoms with Crippen LogP contribution in [0.25, 0.3) is 33.4 Å². The van der Waals surface area contributed by atoms with Crippen LogP contribution in [0.5, 0.6) is 5.88 Å². The minimum Gasteiger partial charge on any atom is -0.474 e. The van der Waals surface area contributed by atoms with Crippen LogP contribution in [0.15, 0.2) is 55.0 Å². The van der Waals surface area contributed by atoms with Crippen molar-refractivity contribution in [2.24, 2.45) is 0 Å². The first-order valence-corrected chi connectivity index (χ1v) is 8.43. The Morgan fingerprint density at radius 2 is 1.92 bits per heavy atom. The maximum Gasteiger partial charge on any atom is 0.233 e. The number of nitrogen functional groups attached to an aromatic ring is 1. The summed E-state index contributed by atoms with van der Waals surface area (Å²) in [4.78, 5) is 16.5. The van der Waals surface area contributed by atoms with Crippen molar-refractivity contribution in [3.8, 4) is 28.4 Å². The van der Waals surface area contributed by atoms with Crippen molar-refractivity contribution < 1.29 is 4.74 Å².